The van der Waals surface area contributed by atoms with Crippen LogP contribution in [0, 0.1) is 0 Å². The number of nitrogens with two attached hydrogens (primary N) is 1. The second kappa shape index (κ2) is 6.68. The summed E-state index contributed by atoms with van der Waals surface area (Å²) in [7, 11) is 0. The van der Waals surface area contributed by atoms with Crippen LogP contribution in [0.2, 0.25) is 0 Å². The third-order valence-electron chi connectivity index (χ3n) is 3.60. The van der Waals surface area contributed by atoms with Crippen LogP contribution in [0.5, 0.6) is 0 Å². The van der Waals surface area contributed by atoms with Crippen LogP contribution in [-0.4, -0.2) is 25.3 Å². The van der Waals surface area contributed by atoms with Gasteiger partial charge in [-0.25, -0.2) is 0 Å². The molecule has 0 radical (unpaired) electrons. The maximum atomic E-state index is 5.89. The van der Waals surface area contributed by atoms with Crippen LogP contribution in [0.4, 0.5) is 0 Å². The lowest BCUT2D eigenvalue weighted by molar-refractivity contribution is 0.0189. The fourth-order valence-electron chi connectivity index (χ4n) is 2.38. The third kappa shape index (κ3) is 4.02. The summed E-state index contributed by atoms with van der Waals surface area (Å²) in [4.78, 5) is 0. The van der Waals surface area contributed by atoms with Gasteiger partial charge in [0.25, 0.3) is 0 Å². The predicted octanol–water partition coefficient (Wildman–Crippen LogP) is 3.37. The molecule has 1 heterocycles. The highest BCUT2D eigenvalue weighted by molar-refractivity contribution is 9.13. The maximum absolute atomic E-state index is 5.89. The quantitative estimate of drug-likeness (QED) is 0.808. The Morgan fingerprint density at radius 2 is 2.21 bits per heavy atom. The van der Waals surface area contributed by atoms with Gasteiger partial charge in [-0.1, -0.05) is 6.07 Å². The minimum atomic E-state index is -0.0417. The van der Waals surface area contributed by atoms with Gasteiger partial charge in [0.1, 0.15) is 0 Å². The molecule has 0 saturated carbocycles. The number of rotatable bonds is 5. The molecule has 3 nitrogen and oxygen atoms in total. The van der Waals surface area contributed by atoms with Crippen LogP contribution in [0.1, 0.15) is 31.4 Å². The van der Waals surface area contributed by atoms with E-state index in [9.17, 15) is 0 Å². The molecule has 2 unspecified atom stereocenters. The smallest absolute Gasteiger partial charge is 0.0779 e. The molecule has 5 heteroatoms. The van der Waals surface area contributed by atoms with E-state index in [0.717, 1.165) is 34.9 Å². The van der Waals surface area contributed by atoms with Crippen LogP contribution < -0.4 is 11.1 Å². The summed E-state index contributed by atoms with van der Waals surface area (Å²) < 4.78 is 7.90. The van der Waals surface area contributed by atoms with E-state index < -0.39 is 0 Å². The lowest BCUT2D eigenvalue weighted by Gasteiger charge is -2.27. The zero-order valence-electron chi connectivity index (χ0n) is 11.1. The maximum Gasteiger partial charge on any atom is 0.0779 e. The van der Waals surface area contributed by atoms with Crippen molar-refractivity contribution in [2.24, 2.45) is 5.73 Å². The normalized spacial score (nSPS) is 24.6. The number of benzene rings is 1. The molecule has 106 valence electrons. The Morgan fingerprint density at radius 1 is 1.42 bits per heavy atom. The number of ether oxygens (including phenoxy) is 1. The van der Waals surface area contributed by atoms with Crippen LogP contribution in [0.15, 0.2) is 27.1 Å². The first-order chi connectivity index (χ1) is 9.04. The molecular weight excluding hydrogens is 372 g/mol. The third-order valence-corrected chi connectivity index (χ3v) is 5.48. The Kier molecular flexibility index (Phi) is 5.43. The molecule has 19 heavy (non-hydrogen) atoms. The summed E-state index contributed by atoms with van der Waals surface area (Å²) >= 11 is 7.01. The van der Waals surface area contributed by atoms with E-state index in [2.05, 4.69) is 56.2 Å². The number of hydrogen-bond acceptors (Lipinski definition) is 3. The lowest BCUT2D eigenvalue weighted by Crippen LogP contribution is -2.41. The SMILES string of the molecule is CC1(CNC(CN)c2ccc(Br)c(Br)c2)CCCO1. The molecule has 0 bridgehead atoms. The Labute approximate surface area is 131 Å². The monoisotopic (exact) mass is 390 g/mol. The Morgan fingerprint density at radius 3 is 2.79 bits per heavy atom. The van der Waals surface area contributed by atoms with Gasteiger partial charge in [0.2, 0.25) is 0 Å². The predicted molar refractivity (Wildman–Crippen MR) is 85.2 cm³/mol. The number of nitrogens with one attached hydrogen (secondary N) is 1. The zero-order chi connectivity index (χ0) is 13.9. The van der Waals surface area contributed by atoms with Crippen molar-refractivity contribution in [3.05, 3.63) is 32.7 Å². The van der Waals surface area contributed by atoms with Crippen molar-refractivity contribution in [2.45, 2.75) is 31.4 Å². The lowest BCUT2D eigenvalue weighted by atomic mass is 10.0. The molecule has 0 spiro atoms. The van der Waals surface area contributed by atoms with Crippen molar-refractivity contribution in [1.29, 1.82) is 0 Å². The Bertz CT molecular complexity index is 433. The number of halogens is 2. The van der Waals surface area contributed by atoms with Crippen molar-refractivity contribution in [3.8, 4) is 0 Å². The summed E-state index contributed by atoms with van der Waals surface area (Å²) in [5, 5.41) is 3.53. The Hall–Kier alpha value is 0.0600. The highest BCUT2D eigenvalue weighted by Crippen LogP contribution is 2.28. The molecule has 1 fully saturated rings. The van der Waals surface area contributed by atoms with Crippen LogP contribution in [0.3, 0.4) is 0 Å². The summed E-state index contributed by atoms with van der Waals surface area (Å²) in [5.74, 6) is 0. The first-order valence-electron chi connectivity index (χ1n) is 6.56. The molecule has 1 aliphatic rings. The van der Waals surface area contributed by atoms with Gasteiger partial charge in [0, 0.05) is 34.7 Å². The molecule has 3 N–H and O–H groups in total. The van der Waals surface area contributed by atoms with Gasteiger partial charge < -0.3 is 15.8 Å². The summed E-state index contributed by atoms with van der Waals surface area (Å²) in [6, 6.07) is 6.40. The molecule has 0 amide bonds. The van der Waals surface area contributed by atoms with Gasteiger partial charge >= 0.3 is 0 Å². The molecule has 1 saturated heterocycles. The van der Waals surface area contributed by atoms with E-state index in [1.807, 2.05) is 6.07 Å². The molecule has 0 aliphatic carbocycles. The topological polar surface area (TPSA) is 47.3 Å². The van der Waals surface area contributed by atoms with Gasteiger partial charge in [0.15, 0.2) is 0 Å². The van der Waals surface area contributed by atoms with Crippen LogP contribution in [0.25, 0.3) is 0 Å². The fourth-order valence-corrected chi connectivity index (χ4v) is 3.02. The average Bonchev–Trinajstić information content (AvgIpc) is 2.81. The van der Waals surface area contributed by atoms with Crippen molar-refractivity contribution < 1.29 is 4.74 Å². The van der Waals surface area contributed by atoms with Crippen molar-refractivity contribution in [1.82, 2.24) is 5.32 Å². The van der Waals surface area contributed by atoms with Gasteiger partial charge in [-0.2, -0.15) is 0 Å². The molecule has 1 aliphatic heterocycles. The van der Waals surface area contributed by atoms with E-state index in [1.165, 1.54) is 5.56 Å². The average molecular weight is 392 g/mol. The Balaban J connectivity index is 2.01. The van der Waals surface area contributed by atoms with Crippen molar-refractivity contribution >= 4 is 31.9 Å². The minimum absolute atomic E-state index is 0.0417. The van der Waals surface area contributed by atoms with E-state index in [-0.39, 0.29) is 11.6 Å². The molecule has 2 atom stereocenters. The van der Waals surface area contributed by atoms with E-state index in [4.69, 9.17) is 10.5 Å². The fraction of sp³-hybridized carbons (Fsp3) is 0.571. The van der Waals surface area contributed by atoms with Gasteiger partial charge in [-0.3, -0.25) is 0 Å². The van der Waals surface area contributed by atoms with Gasteiger partial charge in [-0.05, 0) is 69.3 Å². The molecule has 2 rings (SSSR count). The molecule has 0 aromatic heterocycles. The standard InChI is InChI=1S/C14H20Br2N2O/c1-14(5-2-6-19-14)9-18-13(8-17)10-3-4-11(15)12(16)7-10/h3-4,7,13,18H,2,5-6,8-9,17H2,1H3. The summed E-state index contributed by atoms with van der Waals surface area (Å²) in [5.41, 5.74) is 7.04. The molecule has 1 aromatic rings. The second-order valence-corrected chi connectivity index (χ2v) is 6.95. The van der Waals surface area contributed by atoms with E-state index in [0.29, 0.717) is 6.54 Å². The number of hydrogen-bond donors (Lipinski definition) is 2. The van der Waals surface area contributed by atoms with Gasteiger partial charge in [-0.15, -0.1) is 0 Å². The molecular formula is C14H20Br2N2O. The first-order valence-corrected chi connectivity index (χ1v) is 8.15. The first kappa shape index (κ1) is 15.4. The molecule has 1 aromatic carbocycles. The van der Waals surface area contributed by atoms with Crippen LogP contribution in [-0.2, 0) is 4.74 Å². The van der Waals surface area contributed by atoms with Crippen molar-refractivity contribution in [2.75, 3.05) is 19.7 Å². The minimum Gasteiger partial charge on any atom is -0.374 e. The van der Waals surface area contributed by atoms with Crippen LogP contribution >= 0.6 is 31.9 Å². The van der Waals surface area contributed by atoms with E-state index >= 15 is 0 Å². The summed E-state index contributed by atoms with van der Waals surface area (Å²) in [6.07, 6.45) is 2.26. The van der Waals surface area contributed by atoms with Crippen molar-refractivity contribution in [3.63, 3.8) is 0 Å². The van der Waals surface area contributed by atoms with Gasteiger partial charge in [0.05, 0.1) is 5.60 Å². The highest BCUT2D eigenvalue weighted by atomic mass is 79.9. The zero-order valence-corrected chi connectivity index (χ0v) is 14.3. The largest absolute Gasteiger partial charge is 0.374 e. The van der Waals surface area contributed by atoms with E-state index in [1.54, 1.807) is 0 Å². The second-order valence-electron chi connectivity index (χ2n) is 5.24. The summed E-state index contributed by atoms with van der Waals surface area (Å²) in [6.45, 7) is 4.44. The highest BCUT2D eigenvalue weighted by Gasteiger charge is 2.30.